The highest BCUT2D eigenvalue weighted by Gasteiger charge is 2.27. The molecule has 7 nitrogen and oxygen atoms in total. The second-order valence-corrected chi connectivity index (χ2v) is 5.52. The van der Waals surface area contributed by atoms with Crippen LogP contribution in [0.4, 0.5) is 0 Å². The van der Waals surface area contributed by atoms with E-state index in [2.05, 4.69) is 37.8 Å². The molecule has 1 amide bonds. The lowest BCUT2D eigenvalue weighted by atomic mass is 9.81. The van der Waals surface area contributed by atoms with Crippen LogP contribution in [0.25, 0.3) is 0 Å². The van der Waals surface area contributed by atoms with Gasteiger partial charge in [-0.05, 0) is 31.2 Å². The topological polar surface area (TPSA) is 99.4 Å². The van der Waals surface area contributed by atoms with Gasteiger partial charge in [0.2, 0.25) is 0 Å². The molecule has 0 bridgehead atoms. The van der Waals surface area contributed by atoms with Gasteiger partial charge < -0.3 is 10.3 Å². The van der Waals surface area contributed by atoms with Crippen LogP contribution in [0.15, 0.2) is 12.3 Å². The van der Waals surface area contributed by atoms with Gasteiger partial charge in [0.05, 0.1) is 11.6 Å². The maximum Gasteiger partial charge on any atom is 0.253 e. The van der Waals surface area contributed by atoms with Crippen LogP contribution in [0.2, 0.25) is 0 Å². The lowest BCUT2D eigenvalue weighted by Crippen LogP contribution is -2.30. The maximum atomic E-state index is 12.5. The highest BCUT2D eigenvalue weighted by Crippen LogP contribution is 2.37. The van der Waals surface area contributed by atoms with E-state index in [9.17, 15) is 4.79 Å². The number of hydrogen-bond acceptors (Lipinski definition) is 4. The number of aromatic amines is 2. The lowest BCUT2D eigenvalue weighted by molar-refractivity contribution is 0.0930. The van der Waals surface area contributed by atoms with Crippen LogP contribution in [0.1, 0.15) is 72.9 Å². The summed E-state index contributed by atoms with van der Waals surface area (Å²) in [4.78, 5) is 15.8. The van der Waals surface area contributed by atoms with Gasteiger partial charge in [-0.3, -0.25) is 4.79 Å². The molecule has 1 unspecified atom stereocenters. The van der Waals surface area contributed by atoms with Crippen molar-refractivity contribution < 1.29 is 4.79 Å². The summed E-state index contributed by atoms with van der Waals surface area (Å²) in [5, 5.41) is 17.0. The van der Waals surface area contributed by atoms with Gasteiger partial charge in [-0.1, -0.05) is 25.0 Å². The van der Waals surface area contributed by atoms with Crippen LogP contribution in [-0.4, -0.2) is 31.5 Å². The number of nitrogens with one attached hydrogen (secondary N) is 3. The van der Waals surface area contributed by atoms with Gasteiger partial charge >= 0.3 is 0 Å². The van der Waals surface area contributed by atoms with Gasteiger partial charge in [-0.25, -0.2) is 0 Å². The quantitative estimate of drug-likeness (QED) is 0.757. The number of carbonyl (C=O) groups is 1. The van der Waals surface area contributed by atoms with Crippen molar-refractivity contribution in [3.63, 3.8) is 0 Å². The minimum Gasteiger partial charge on any atom is -0.364 e. The van der Waals surface area contributed by atoms with Gasteiger partial charge in [0.15, 0.2) is 5.82 Å². The smallest absolute Gasteiger partial charge is 0.253 e. The van der Waals surface area contributed by atoms with E-state index in [1.54, 1.807) is 0 Å². The Hall–Kier alpha value is -2.18. The van der Waals surface area contributed by atoms with Crippen LogP contribution in [-0.2, 0) is 0 Å². The molecule has 1 fully saturated rings. The first-order valence-corrected chi connectivity index (χ1v) is 7.51. The van der Waals surface area contributed by atoms with E-state index in [-0.39, 0.29) is 11.9 Å². The van der Waals surface area contributed by atoms with E-state index in [1.807, 2.05) is 12.3 Å². The van der Waals surface area contributed by atoms with E-state index >= 15 is 0 Å². The SMILES string of the molecule is CCCC(NC(=O)c1cc[nH]c1C1CCC1)c1nn[nH]n1. The fourth-order valence-corrected chi connectivity index (χ4v) is 2.72. The molecule has 2 aromatic rings. The molecule has 0 spiro atoms. The van der Waals surface area contributed by atoms with Crippen molar-refractivity contribution in [2.24, 2.45) is 0 Å². The molecule has 1 aliphatic rings. The molecular weight excluding hydrogens is 268 g/mol. The molecule has 0 aromatic carbocycles. The Labute approximate surface area is 122 Å². The molecule has 112 valence electrons. The second kappa shape index (κ2) is 6.07. The van der Waals surface area contributed by atoms with Crippen molar-refractivity contribution >= 4 is 5.91 Å². The number of amides is 1. The number of tetrazole rings is 1. The summed E-state index contributed by atoms with van der Waals surface area (Å²) in [6.07, 6.45) is 7.11. The van der Waals surface area contributed by atoms with Crippen LogP contribution in [0.5, 0.6) is 0 Å². The van der Waals surface area contributed by atoms with Crippen molar-refractivity contribution in [1.29, 1.82) is 0 Å². The summed E-state index contributed by atoms with van der Waals surface area (Å²) in [7, 11) is 0. The Balaban J connectivity index is 1.74. The van der Waals surface area contributed by atoms with Gasteiger partial charge in [0.25, 0.3) is 5.91 Å². The summed E-state index contributed by atoms with van der Waals surface area (Å²) in [5.74, 6) is 0.961. The highest BCUT2D eigenvalue weighted by molar-refractivity contribution is 5.95. The summed E-state index contributed by atoms with van der Waals surface area (Å²) in [6.45, 7) is 2.06. The first kappa shape index (κ1) is 13.8. The van der Waals surface area contributed by atoms with E-state index < -0.39 is 0 Å². The van der Waals surface area contributed by atoms with Crippen molar-refractivity contribution in [2.45, 2.75) is 51.0 Å². The molecule has 0 radical (unpaired) electrons. The number of rotatable bonds is 6. The molecule has 7 heteroatoms. The van der Waals surface area contributed by atoms with Crippen molar-refractivity contribution in [3.8, 4) is 0 Å². The molecular formula is C14H20N6O. The normalized spacial score (nSPS) is 16.4. The van der Waals surface area contributed by atoms with Crippen LogP contribution in [0, 0.1) is 0 Å². The minimum atomic E-state index is -0.203. The summed E-state index contributed by atoms with van der Waals surface area (Å²) in [5.41, 5.74) is 1.80. The number of nitrogens with zero attached hydrogens (tertiary/aromatic N) is 3. The predicted octanol–water partition coefficient (Wildman–Crippen LogP) is 2.07. The van der Waals surface area contributed by atoms with Gasteiger partial charge in [-0.2, -0.15) is 5.21 Å². The molecule has 1 atom stereocenters. The minimum absolute atomic E-state index is 0.0681. The molecule has 21 heavy (non-hydrogen) atoms. The van der Waals surface area contributed by atoms with Crippen LogP contribution < -0.4 is 5.32 Å². The first-order valence-electron chi connectivity index (χ1n) is 7.51. The molecule has 3 rings (SSSR count). The van der Waals surface area contributed by atoms with E-state index in [0.29, 0.717) is 11.7 Å². The largest absolute Gasteiger partial charge is 0.364 e. The van der Waals surface area contributed by atoms with Crippen LogP contribution in [0.3, 0.4) is 0 Å². The van der Waals surface area contributed by atoms with E-state index in [4.69, 9.17) is 0 Å². The van der Waals surface area contributed by atoms with Crippen molar-refractivity contribution in [2.75, 3.05) is 0 Å². The molecule has 3 N–H and O–H groups in total. The Morgan fingerprint density at radius 3 is 3.00 bits per heavy atom. The number of H-pyrrole nitrogens is 2. The average Bonchev–Trinajstić information content (AvgIpc) is 3.07. The van der Waals surface area contributed by atoms with Gasteiger partial charge in [0.1, 0.15) is 0 Å². The Bertz CT molecular complexity index is 586. The Morgan fingerprint density at radius 1 is 1.52 bits per heavy atom. The standard InChI is InChI=1S/C14H20N6O/c1-2-4-11(13-17-19-20-18-13)16-14(21)10-7-8-15-12(10)9-5-3-6-9/h7-9,11,15H,2-6H2,1H3,(H,16,21)(H,17,18,19,20). The first-order chi connectivity index (χ1) is 10.3. The highest BCUT2D eigenvalue weighted by atomic mass is 16.1. The zero-order valence-corrected chi connectivity index (χ0v) is 12.1. The fraction of sp³-hybridized carbons (Fsp3) is 0.571. The number of carbonyl (C=O) groups excluding carboxylic acids is 1. The monoisotopic (exact) mass is 288 g/mol. The third-order valence-corrected chi connectivity index (χ3v) is 4.09. The number of hydrogen-bond donors (Lipinski definition) is 3. The third-order valence-electron chi connectivity index (χ3n) is 4.09. The second-order valence-electron chi connectivity index (χ2n) is 5.52. The zero-order valence-electron chi connectivity index (χ0n) is 12.1. The van der Waals surface area contributed by atoms with Gasteiger partial charge in [-0.15, -0.1) is 10.2 Å². The predicted molar refractivity (Wildman–Crippen MR) is 76.7 cm³/mol. The summed E-state index contributed by atoms with van der Waals surface area (Å²) in [6, 6.07) is 1.65. The number of aromatic nitrogens is 5. The average molecular weight is 288 g/mol. The Kier molecular flexibility index (Phi) is 3.98. The molecule has 0 saturated heterocycles. The zero-order chi connectivity index (χ0) is 14.7. The Morgan fingerprint density at radius 2 is 2.38 bits per heavy atom. The molecule has 2 aromatic heterocycles. The van der Waals surface area contributed by atoms with Crippen LogP contribution >= 0.6 is 0 Å². The maximum absolute atomic E-state index is 12.5. The third kappa shape index (κ3) is 2.81. The molecule has 2 heterocycles. The summed E-state index contributed by atoms with van der Waals surface area (Å²) >= 11 is 0. The lowest BCUT2D eigenvalue weighted by Gasteiger charge is -2.25. The van der Waals surface area contributed by atoms with E-state index in [1.165, 1.54) is 6.42 Å². The van der Waals surface area contributed by atoms with Crippen molar-refractivity contribution in [3.05, 3.63) is 29.3 Å². The van der Waals surface area contributed by atoms with Gasteiger partial charge in [0, 0.05) is 11.9 Å². The fourth-order valence-electron chi connectivity index (χ4n) is 2.72. The van der Waals surface area contributed by atoms with Crippen molar-refractivity contribution in [1.82, 2.24) is 30.9 Å². The summed E-state index contributed by atoms with van der Waals surface area (Å²) < 4.78 is 0. The molecule has 1 saturated carbocycles. The molecule has 1 aliphatic carbocycles. The molecule has 0 aliphatic heterocycles. The van der Waals surface area contributed by atoms with E-state index in [0.717, 1.165) is 36.9 Å².